The Bertz CT molecular complexity index is 906. The van der Waals surface area contributed by atoms with Crippen LogP contribution in [0.15, 0.2) is 42.5 Å². The van der Waals surface area contributed by atoms with Crippen LogP contribution in [0.4, 0.5) is 4.79 Å². The van der Waals surface area contributed by atoms with Gasteiger partial charge in [-0.2, -0.15) is 0 Å². The molecule has 0 saturated carbocycles. The lowest BCUT2D eigenvalue weighted by Gasteiger charge is -2.29. The second-order valence-electron chi connectivity index (χ2n) is 8.59. The molecule has 0 radical (unpaired) electrons. The summed E-state index contributed by atoms with van der Waals surface area (Å²) in [5.74, 6) is 1.55. The summed E-state index contributed by atoms with van der Waals surface area (Å²) in [4.78, 5) is 13.9. The second kappa shape index (κ2) is 8.19. The van der Waals surface area contributed by atoms with E-state index < -0.39 is 0 Å². The standard InChI is InChI=1S/C24H30N2O4/c1-24(14-25)15-26(23(27)29-3)13-20(24)18-8-9-21(28-2)22(12-18)30-19-10-16-6-4-5-7-17(16)11-19/h4-9,12,19-20H,10-11,13-15,25H2,1-3H3. The molecule has 1 aliphatic heterocycles. The SMILES string of the molecule is COC(=O)N1CC(c2ccc(OC)c(OC3Cc4ccccc4C3)c2)C(C)(CN)C1. The number of fused-ring (bicyclic) bond motifs is 1. The largest absolute Gasteiger partial charge is 0.493 e. The highest BCUT2D eigenvalue weighted by atomic mass is 16.5. The third-order valence-corrected chi connectivity index (χ3v) is 6.59. The summed E-state index contributed by atoms with van der Waals surface area (Å²) in [5.41, 5.74) is 9.70. The van der Waals surface area contributed by atoms with Gasteiger partial charge in [-0.05, 0) is 28.8 Å². The Hall–Kier alpha value is -2.73. The van der Waals surface area contributed by atoms with Gasteiger partial charge in [0.1, 0.15) is 6.10 Å². The van der Waals surface area contributed by atoms with Crippen LogP contribution in [0.5, 0.6) is 11.5 Å². The van der Waals surface area contributed by atoms with Crippen molar-refractivity contribution in [2.24, 2.45) is 11.1 Å². The fraction of sp³-hybridized carbons (Fsp3) is 0.458. The molecule has 2 atom stereocenters. The zero-order valence-corrected chi connectivity index (χ0v) is 17.9. The molecule has 0 aromatic heterocycles. The van der Waals surface area contributed by atoms with Crippen LogP contribution in [0.3, 0.4) is 0 Å². The van der Waals surface area contributed by atoms with Gasteiger partial charge in [0.05, 0.1) is 14.2 Å². The van der Waals surface area contributed by atoms with Crippen LogP contribution in [0.2, 0.25) is 0 Å². The van der Waals surface area contributed by atoms with Crippen LogP contribution in [0, 0.1) is 5.41 Å². The first-order valence-electron chi connectivity index (χ1n) is 10.4. The third kappa shape index (κ3) is 3.72. The molecule has 2 N–H and O–H groups in total. The maximum atomic E-state index is 12.1. The van der Waals surface area contributed by atoms with E-state index in [0.29, 0.717) is 25.4 Å². The van der Waals surface area contributed by atoms with E-state index in [1.165, 1.54) is 18.2 Å². The van der Waals surface area contributed by atoms with Crippen molar-refractivity contribution >= 4 is 6.09 Å². The van der Waals surface area contributed by atoms with Crippen molar-refractivity contribution in [3.05, 3.63) is 59.2 Å². The van der Waals surface area contributed by atoms with E-state index in [9.17, 15) is 4.79 Å². The van der Waals surface area contributed by atoms with E-state index in [1.54, 1.807) is 12.0 Å². The number of methoxy groups -OCH3 is 2. The molecular formula is C24H30N2O4. The lowest BCUT2D eigenvalue weighted by molar-refractivity contribution is 0.128. The summed E-state index contributed by atoms with van der Waals surface area (Å²) in [6.45, 7) is 3.74. The van der Waals surface area contributed by atoms with Gasteiger partial charge in [-0.15, -0.1) is 0 Å². The number of amides is 1. The topological polar surface area (TPSA) is 74.0 Å². The van der Waals surface area contributed by atoms with Gasteiger partial charge < -0.3 is 24.8 Å². The smallest absolute Gasteiger partial charge is 0.409 e. The lowest BCUT2D eigenvalue weighted by Crippen LogP contribution is -2.35. The zero-order chi connectivity index (χ0) is 21.3. The van der Waals surface area contributed by atoms with E-state index in [2.05, 4.69) is 43.3 Å². The van der Waals surface area contributed by atoms with Crippen molar-refractivity contribution < 1.29 is 19.0 Å². The number of carbonyl (C=O) groups is 1. The number of nitrogens with two attached hydrogens (primary N) is 1. The molecule has 4 rings (SSSR count). The van der Waals surface area contributed by atoms with Crippen LogP contribution in [0.1, 0.15) is 29.5 Å². The first kappa shape index (κ1) is 20.5. The highest BCUT2D eigenvalue weighted by Gasteiger charge is 2.45. The third-order valence-electron chi connectivity index (χ3n) is 6.59. The molecule has 6 nitrogen and oxygen atoms in total. The van der Waals surface area contributed by atoms with Gasteiger partial charge in [0.15, 0.2) is 11.5 Å². The number of nitrogens with zero attached hydrogens (tertiary/aromatic N) is 1. The van der Waals surface area contributed by atoms with E-state index in [-0.39, 0.29) is 23.5 Å². The number of carbonyl (C=O) groups excluding carboxylic acids is 1. The van der Waals surface area contributed by atoms with Gasteiger partial charge in [0.25, 0.3) is 0 Å². The molecule has 0 bridgehead atoms. The average Bonchev–Trinajstić information content (AvgIpc) is 3.34. The highest BCUT2D eigenvalue weighted by molar-refractivity contribution is 5.68. The number of likely N-dealkylation sites (tertiary alicyclic amines) is 1. The van der Waals surface area contributed by atoms with Gasteiger partial charge in [0, 0.05) is 43.8 Å². The summed E-state index contributed by atoms with van der Waals surface area (Å²) in [7, 11) is 3.07. The molecule has 1 heterocycles. The van der Waals surface area contributed by atoms with Crippen molar-refractivity contribution in [1.29, 1.82) is 0 Å². The molecule has 1 fully saturated rings. The monoisotopic (exact) mass is 410 g/mol. The van der Waals surface area contributed by atoms with Gasteiger partial charge in [-0.1, -0.05) is 37.3 Å². The minimum atomic E-state index is -0.314. The molecule has 2 aliphatic rings. The molecule has 1 aliphatic carbocycles. The fourth-order valence-electron chi connectivity index (χ4n) is 4.82. The van der Waals surface area contributed by atoms with Crippen LogP contribution in [-0.4, -0.2) is 51.0 Å². The molecule has 1 amide bonds. The minimum absolute atomic E-state index is 0.0857. The zero-order valence-electron chi connectivity index (χ0n) is 17.9. The van der Waals surface area contributed by atoms with Crippen LogP contribution < -0.4 is 15.2 Å². The number of rotatable bonds is 5. The lowest BCUT2D eigenvalue weighted by atomic mass is 9.76. The Morgan fingerprint density at radius 3 is 2.43 bits per heavy atom. The maximum absolute atomic E-state index is 12.1. The van der Waals surface area contributed by atoms with Gasteiger partial charge in [0.2, 0.25) is 0 Å². The number of benzene rings is 2. The van der Waals surface area contributed by atoms with Crippen molar-refractivity contribution in [1.82, 2.24) is 4.90 Å². The summed E-state index contributed by atoms with van der Waals surface area (Å²) in [5, 5.41) is 0. The first-order valence-corrected chi connectivity index (χ1v) is 10.4. The Balaban J connectivity index is 1.59. The molecule has 1 saturated heterocycles. The van der Waals surface area contributed by atoms with Crippen molar-refractivity contribution in [3.8, 4) is 11.5 Å². The highest BCUT2D eigenvalue weighted by Crippen LogP contribution is 2.44. The molecule has 2 aromatic carbocycles. The normalized spacial score (nSPS) is 23.3. The van der Waals surface area contributed by atoms with Crippen LogP contribution >= 0.6 is 0 Å². The predicted octanol–water partition coefficient (Wildman–Crippen LogP) is 3.37. The number of ether oxygens (including phenoxy) is 3. The predicted molar refractivity (Wildman–Crippen MR) is 115 cm³/mol. The van der Waals surface area contributed by atoms with Gasteiger partial charge in [-0.25, -0.2) is 4.79 Å². The summed E-state index contributed by atoms with van der Waals surface area (Å²) < 4.78 is 16.9. The van der Waals surface area contributed by atoms with E-state index in [0.717, 1.165) is 24.2 Å². The average molecular weight is 411 g/mol. The summed E-state index contributed by atoms with van der Waals surface area (Å²) >= 11 is 0. The van der Waals surface area contributed by atoms with E-state index in [4.69, 9.17) is 19.9 Å². The first-order chi connectivity index (χ1) is 14.5. The van der Waals surface area contributed by atoms with Crippen LogP contribution in [-0.2, 0) is 17.6 Å². The summed E-state index contributed by atoms with van der Waals surface area (Å²) in [6.07, 6.45) is 1.56. The molecule has 0 spiro atoms. The van der Waals surface area contributed by atoms with Crippen LogP contribution in [0.25, 0.3) is 0 Å². The van der Waals surface area contributed by atoms with E-state index in [1.807, 2.05) is 6.07 Å². The molecule has 2 unspecified atom stereocenters. The molecule has 160 valence electrons. The van der Waals surface area contributed by atoms with E-state index >= 15 is 0 Å². The van der Waals surface area contributed by atoms with Gasteiger partial charge >= 0.3 is 6.09 Å². The fourth-order valence-corrected chi connectivity index (χ4v) is 4.82. The number of hydrogen-bond donors (Lipinski definition) is 1. The Kier molecular flexibility index (Phi) is 5.60. The van der Waals surface area contributed by atoms with Crippen molar-refractivity contribution in [2.45, 2.75) is 31.8 Å². The number of hydrogen-bond acceptors (Lipinski definition) is 5. The van der Waals surface area contributed by atoms with Crippen molar-refractivity contribution in [2.75, 3.05) is 33.9 Å². The Morgan fingerprint density at radius 1 is 1.13 bits per heavy atom. The minimum Gasteiger partial charge on any atom is -0.493 e. The molecule has 30 heavy (non-hydrogen) atoms. The van der Waals surface area contributed by atoms with Crippen molar-refractivity contribution in [3.63, 3.8) is 0 Å². The molecular weight excluding hydrogens is 380 g/mol. The Morgan fingerprint density at radius 2 is 1.83 bits per heavy atom. The summed E-state index contributed by atoms with van der Waals surface area (Å²) in [6, 6.07) is 14.5. The molecule has 6 heteroatoms. The molecule has 2 aromatic rings. The maximum Gasteiger partial charge on any atom is 0.409 e. The second-order valence-corrected chi connectivity index (χ2v) is 8.59. The Labute approximate surface area is 177 Å². The quantitative estimate of drug-likeness (QED) is 0.818. The van der Waals surface area contributed by atoms with Gasteiger partial charge in [-0.3, -0.25) is 0 Å².